The maximum absolute atomic E-state index is 12.3. The van der Waals surface area contributed by atoms with Crippen LogP contribution in [0.4, 0.5) is 0 Å². The summed E-state index contributed by atoms with van der Waals surface area (Å²) in [6.07, 6.45) is 0.937. The van der Waals surface area contributed by atoms with Gasteiger partial charge in [0.05, 0.1) is 23.7 Å². The molecule has 0 fully saturated rings. The van der Waals surface area contributed by atoms with Gasteiger partial charge in [0.1, 0.15) is 0 Å². The molecule has 0 heterocycles. The zero-order chi connectivity index (χ0) is 22.9. The normalized spacial score (nSPS) is 14.7. The fraction of sp³-hybridized carbons (Fsp3) is 0.765. The van der Waals surface area contributed by atoms with Gasteiger partial charge in [-0.2, -0.15) is 8.42 Å². The lowest BCUT2D eigenvalue weighted by atomic mass is 9.97. The Hall–Kier alpha value is -1.50. The average molecular weight is 456 g/mol. The van der Waals surface area contributed by atoms with Crippen LogP contribution in [0.2, 0.25) is 0 Å². The van der Waals surface area contributed by atoms with Gasteiger partial charge in [0.25, 0.3) is 10.1 Å². The van der Waals surface area contributed by atoms with Gasteiger partial charge < -0.3 is 10.6 Å². The second-order valence-electron chi connectivity index (χ2n) is 7.61. The minimum absolute atomic E-state index is 0.0994. The van der Waals surface area contributed by atoms with Gasteiger partial charge >= 0.3 is 0 Å². The Kier molecular flexibility index (Phi) is 11.0. The molecule has 4 N–H and O–H groups in total. The van der Waals surface area contributed by atoms with E-state index >= 15 is 0 Å². The van der Waals surface area contributed by atoms with Gasteiger partial charge in [-0.15, -0.1) is 0 Å². The first-order valence-corrected chi connectivity index (χ1v) is 12.6. The number of hydrogen-bond acceptors (Lipinski definition) is 7. The topological polar surface area (TPSA) is 159 Å². The van der Waals surface area contributed by atoms with Gasteiger partial charge in [0, 0.05) is 23.8 Å². The van der Waals surface area contributed by atoms with E-state index in [0.717, 1.165) is 5.41 Å². The van der Waals surface area contributed by atoms with Gasteiger partial charge in [0.15, 0.2) is 9.84 Å². The summed E-state index contributed by atoms with van der Waals surface area (Å²) in [7, 11) is -7.65. The summed E-state index contributed by atoms with van der Waals surface area (Å²) < 4.78 is 53.6. The largest absolute Gasteiger partial charge is 0.350 e. The number of hydrogen-bond donors (Lipinski definition) is 4. The molecule has 0 aromatic heterocycles. The summed E-state index contributed by atoms with van der Waals surface area (Å²) >= 11 is 0. The summed E-state index contributed by atoms with van der Waals surface area (Å²) in [4.78, 5) is 24.0. The fourth-order valence-electron chi connectivity index (χ4n) is 2.58. The van der Waals surface area contributed by atoms with Crippen LogP contribution < -0.4 is 16.0 Å². The number of amides is 2. The smallest absolute Gasteiger partial charge is 0.267 e. The van der Waals surface area contributed by atoms with Crippen LogP contribution in [0.15, 0.2) is 12.0 Å². The molecule has 0 aliphatic rings. The van der Waals surface area contributed by atoms with E-state index in [2.05, 4.69) is 22.5 Å². The third-order valence-electron chi connectivity index (χ3n) is 4.13. The highest BCUT2D eigenvalue weighted by atomic mass is 32.2. The highest BCUT2D eigenvalue weighted by Crippen LogP contribution is 2.13. The van der Waals surface area contributed by atoms with Crippen molar-refractivity contribution < 1.29 is 31.0 Å². The van der Waals surface area contributed by atoms with Gasteiger partial charge in [-0.3, -0.25) is 19.5 Å². The molecule has 0 aliphatic heterocycles. The van der Waals surface area contributed by atoms with Crippen LogP contribution in [0.3, 0.4) is 0 Å². The standard InChI is InChI=1S/C17H33N3O7S2/c1-6-14(18-12-19-15(21)8-9-28(23,24)7-2)10-13(3)16(22)20-17(4,5)11-29(25,26)27/h7,13-14,18H,2,6,8-12H2,1,3-5H3,(H,19,21)(H,20,22)(H,25,26,27). The van der Waals surface area contributed by atoms with Crippen molar-refractivity contribution in [2.45, 2.75) is 58.5 Å². The molecule has 0 aromatic carbocycles. The summed E-state index contributed by atoms with van der Waals surface area (Å²) in [5, 5.41) is 9.07. The molecule has 12 heteroatoms. The summed E-state index contributed by atoms with van der Waals surface area (Å²) in [5.41, 5.74) is -1.12. The highest BCUT2D eigenvalue weighted by molar-refractivity contribution is 7.94. The van der Waals surface area contributed by atoms with Crippen molar-refractivity contribution in [3.05, 3.63) is 12.0 Å². The highest BCUT2D eigenvalue weighted by Gasteiger charge is 2.29. The predicted molar refractivity (Wildman–Crippen MR) is 111 cm³/mol. The second kappa shape index (κ2) is 11.6. The SMILES string of the molecule is C=CS(=O)(=O)CCC(=O)NCNC(CC)CC(C)C(=O)NC(C)(C)CS(=O)(=O)O. The number of nitrogens with one attached hydrogen (secondary N) is 3. The van der Waals surface area contributed by atoms with E-state index in [1.54, 1.807) is 6.92 Å². The fourth-order valence-corrected chi connectivity index (χ4v) is 4.20. The molecule has 0 saturated carbocycles. The van der Waals surface area contributed by atoms with E-state index in [-0.39, 0.29) is 30.8 Å². The number of carbonyl (C=O) groups excluding carboxylic acids is 2. The Morgan fingerprint density at radius 1 is 1.21 bits per heavy atom. The second-order valence-corrected chi connectivity index (χ2v) is 11.1. The van der Waals surface area contributed by atoms with Crippen LogP contribution in [-0.4, -0.2) is 63.0 Å². The third kappa shape index (κ3) is 13.4. The van der Waals surface area contributed by atoms with Crippen molar-refractivity contribution in [2.75, 3.05) is 18.2 Å². The Labute approximate surface area is 173 Å². The van der Waals surface area contributed by atoms with Crippen LogP contribution in [0.25, 0.3) is 0 Å². The summed E-state index contributed by atoms with van der Waals surface area (Å²) in [5.74, 6) is -2.12. The maximum Gasteiger partial charge on any atom is 0.267 e. The number of rotatable bonds is 14. The third-order valence-corrected chi connectivity index (χ3v) is 6.49. The average Bonchev–Trinajstić information content (AvgIpc) is 2.56. The Balaban J connectivity index is 4.47. The maximum atomic E-state index is 12.3. The molecule has 0 radical (unpaired) electrons. The molecule has 0 spiro atoms. The molecule has 0 bridgehead atoms. The zero-order valence-electron chi connectivity index (χ0n) is 17.4. The first kappa shape index (κ1) is 27.5. The van der Waals surface area contributed by atoms with E-state index in [9.17, 15) is 26.4 Å². The molecular formula is C17H33N3O7S2. The van der Waals surface area contributed by atoms with Gasteiger partial charge in [-0.1, -0.05) is 20.4 Å². The van der Waals surface area contributed by atoms with Gasteiger partial charge in [-0.25, -0.2) is 8.42 Å². The summed E-state index contributed by atoms with van der Waals surface area (Å²) in [6.45, 7) is 9.91. The predicted octanol–water partition coefficient (Wildman–Crippen LogP) is 0.186. The minimum atomic E-state index is -4.23. The van der Waals surface area contributed by atoms with Crippen LogP contribution >= 0.6 is 0 Å². The zero-order valence-corrected chi connectivity index (χ0v) is 19.0. The first-order chi connectivity index (χ1) is 13.1. The summed E-state index contributed by atoms with van der Waals surface area (Å²) in [6, 6.07) is -0.0994. The molecular weight excluding hydrogens is 422 g/mol. The lowest BCUT2D eigenvalue weighted by Crippen LogP contribution is -2.50. The van der Waals surface area contributed by atoms with Crippen LogP contribution in [-0.2, 0) is 29.5 Å². The Morgan fingerprint density at radius 2 is 1.79 bits per heavy atom. The van der Waals surface area contributed by atoms with Crippen molar-refractivity contribution in [3.63, 3.8) is 0 Å². The van der Waals surface area contributed by atoms with Gasteiger partial charge in [0.2, 0.25) is 11.8 Å². The van der Waals surface area contributed by atoms with Crippen LogP contribution in [0.1, 0.15) is 47.0 Å². The van der Waals surface area contributed by atoms with Gasteiger partial charge in [-0.05, 0) is 26.7 Å². The lowest BCUT2D eigenvalue weighted by molar-refractivity contribution is -0.126. The van der Waals surface area contributed by atoms with E-state index in [1.807, 2.05) is 6.92 Å². The van der Waals surface area contributed by atoms with Crippen molar-refractivity contribution in [1.29, 1.82) is 0 Å². The molecule has 0 rings (SSSR count). The number of carbonyl (C=O) groups is 2. The minimum Gasteiger partial charge on any atom is -0.350 e. The first-order valence-electron chi connectivity index (χ1n) is 9.23. The van der Waals surface area contributed by atoms with Crippen molar-refractivity contribution in [1.82, 2.24) is 16.0 Å². The van der Waals surface area contributed by atoms with E-state index in [1.165, 1.54) is 13.8 Å². The van der Waals surface area contributed by atoms with E-state index < -0.39 is 43.1 Å². The number of sulfone groups is 1. The van der Waals surface area contributed by atoms with E-state index in [0.29, 0.717) is 12.8 Å². The quantitative estimate of drug-likeness (QED) is 0.213. The van der Waals surface area contributed by atoms with Crippen LogP contribution in [0.5, 0.6) is 0 Å². The van der Waals surface area contributed by atoms with Crippen molar-refractivity contribution >= 4 is 31.8 Å². The molecule has 2 amide bonds. The van der Waals surface area contributed by atoms with E-state index in [4.69, 9.17) is 4.55 Å². The lowest BCUT2D eigenvalue weighted by Gasteiger charge is -2.28. The molecule has 0 aliphatic carbocycles. The Bertz CT molecular complexity index is 777. The van der Waals surface area contributed by atoms with Crippen molar-refractivity contribution in [2.24, 2.45) is 5.92 Å². The molecule has 29 heavy (non-hydrogen) atoms. The Morgan fingerprint density at radius 3 is 2.28 bits per heavy atom. The molecule has 2 unspecified atom stereocenters. The molecule has 0 saturated heterocycles. The molecule has 0 aromatic rings. The molecule has 2 atom stereocenters. The molecule has 170 valence electrons. The van der Waals surface area contributed by atoms with Crippen LogP contribution in [0, 0.1) is 5.92 Å². The van der Waals surface area contributed by atoms with Crippen molar-refractivity contribution in [3.8, 4) is 0 Å². The monoisotopic (exact) mass is 455 g/mol. The molecule has 10 nitrogen and oxygen atoms in total.